The van der Waals surface area contributed by atoms with E-state index in [-0.39, 0.29) is 6.10 Å². The highest BCUT2D eigenvalue weighted by Gasteiger charge is 2.18. The van der Waals surface area contributed by atoms with Gasteiger partial charge in [-0.3, -0.25) is 9.88 Å². The molecule has 1 atom stereocenters. The minimum atomic E-state index is 0.267. The van der Waals surface area contributed by atoms with Crippen LogP contribution in [0.1, 0.15) is 6.92 Å². The van der Waals surface area contributed by atoms with Crippen LogP contribution in [0, 0.1) is 0 Å². The topological polar surface area (TPSA) is 37.4 Å². The molecule has 0 aliphatic carbocycles. The van der Waals surface area contributed by atoms with Gasteiger partial charge in [-0.25, -0.2) is 0 Å². The van der Waals surface area contributed by atoms with Crippen molar-refractivity contribution in [2.45, 2.75) is 13.0 Å². The van der Waals surface area contributed by atoms with E-state index in [0.717, 1.165) is 42.9 Å². The predicted octanol–water partition coefficient (Wildman–Crippen LogP) is 1.98. The number of aromatic nitrogens is 1. The number of rotatable bonds is 4. The molecule has 1 N–H and O–H groups in total. The molecule has 1 aliphatic rings. The number of likely N-dealkylation sites (N-methyl/N-ethyl adjacent to an activating group) is 1. The van der Waals surface area contributed by atoms with Crippen molar-refractivity contribution >= 4 is 21.6 Å². The highest BCUT2D eigenvalue weighted by molar-refractivity contribution is 9.10. The van der Waals surface area contributed by atoms with Gasteiger partial charge < -0.3 is 10.1 Å². The standard InChI is InChI=1S/C12H18BrN3O/c1-2-16-5-6-17-10(9-16)7-15-12-3-4-14-8-11(12)13/h3-4,8,10H,2,5-7,9H2,1H3,(H,14,15). The lowest BCUT2D eigenvalue weighted by molar-refractivity contribution is -0.0191. The van der Waals surface area contributed by atoms with E-state index in [1.165, 1.54) is 0 Å². The Bertz CT molecular complexity index is 361. The number of hydrogen-bond acceptors (Lipinski definition) is 4. The molecular formula is C12H18BrN3O. The molecule has 0 bridgehead atoms. The minimum absolute atomic E-state index is 0.267. The zero-order valence-electron chi connectivity index (χ0n) is 10.0. The van der Waals surface area contributed by atoms with Gasteiger partial charge in [0.15, 0.2) is 0 Å². The lowest BCUT2D eigenvalue weighted by Crippen LogP contribution is -2.45. The number of morpholine rings is 1. The third-order valence-electron chi connectivity index (χ3n) is 2.96. The van der Waals surface area contributed by atoms with E-state index >= 15 is 0 Å². The van der Waals surface area contributed by atoms with Crippen molar-refractivity contribution in [1.29, 1.82) is 0 Å². The fraction of sp³-hybridized carbons (Fsp3) is 0.583. The molecule has 0 spiro atoms. The van der Waals surface area contributed by atoms with Crippen LogP contribution < -0.4 is 5.32 Å². The molecule has 2 rings (SSSR count). The van der Waals surface area contributed by atoms with Gasteiger partial charge in [0.2, 0.25) is 0 Å². The Hall–Kier alpha value is -0.650. The normalized spacial score (nSPS) is 21.4. The molecule has 1 unspecified atom stereocenters. The summed E-state index contributed by atoms with van der Waals surface area (Å²) < 4.78 is 6.73. The molecule has 0 aromatic carbocycles. The van der Waals surface area contributed by atoms with Crippen LogP contribution in [0.5, 0.6) is 0 Å². The molecule has 1 aromatic heterocycles. The van der Waals surface area contributed by atoms with Crippen LogP contribution >= 0.6 is 15.9 Å². The van der Waals surface area contributed by atoms with Gasteiger partial charge in [-0.2, -0.15) is 0 Å². The molecule has 17 heavy (non-hydrogen) atoms. The first-order chi connectivity index (χ1) is 8.29. The van der Waals surface area contributed by atoms with E-state index in [9.17, 15) is 0 Å². The molecule has 0 amide bonds. The van der Waals surface area contributed by atoms with E-state index in [1.807, 2.05) is 6.07 Å². The SMILES string of the molecule is CCN1CCOC(CNc2ccncc2Br)C1. The maximum absolute atomic E-state index is 5.74. The highest BCUT2D eigenvalue weighted by atomic mass is 79.9. The zero-order valence-corrected chi connectivity index (χ0v) is 11.6. The highest BCUT2D eigenvalue weighted by Crippen LogP contribution is 2.20. The van der Waals surface area contributed by atoms with Crippen molar-refractivity contribution in [2.24, 2.45) is 0 Å². The number of nitrogens with one attached hydrogen (secondary N) is 1. The zero-order chi connectivity index (χ0) is 12.1. The van der Waals surface area contributed by atoms with E-state index in [0.29, 0.717) is 0 Å². The summed E-state index contributed by atoms with van der Waals surface area (Å²) in [5.41, 5.74) is 1.07. The van der Waals surface area contributed by atoms with E-state index in [4.69, 9.17) is 4.74 Å². The smallest absolute Gasteiger partial charge is 0.0874 e. The predicted molar refractivity (Wildman–Crippen MR) is 72.3 cm³/mol. The van der Waals surface area contributed by atoms with Crippen molar-refractivity contribution in [3.8, 4) is 0 Å². The Morgan fingerprint density at radius 1 is 1.65 bits per heavy atom. The molecule has 94 valence electrons. The van der Waals surface area contributed by atoms with Gasteiger partial charge in [0.1, 0.15) is 0 Å². The van der Waals surface area contributed by atoms with E-state index in [2.05, 4.69) is 38.1 Å². The molecule has 2 heterocycles. The summed E-state index contributed by atoms with van der Waals surface area (Å²) in [6.07, 6.45) is 3.85. The van der Waals surface area contributed by atoms with Gasteiger partial charge in [0.25, 0.3) is 0 Å². The average molecular weight is 300 g/mol. The van der Waals surface area contributed by atoms with Gasteiger partial charge >= 0.3 is 0 Å². The first kappa shape index (κ1) is 12.8. The lowest BCUT2D eigenvalue weighted by Gasteiger charge is -2.32. The molecule has 0 radical (unpaired) electrons. The van der Waals surface area contributed by atoms with Crippen LogP contribution in [0.25, 0.3) is 0 Å². The number of halogens is 1. The molecular weight excluding hydrogens is 282 g/mol. The minimum Gasteiger partial charge on any atom is -0.381 e. The summed E-state index contributed by atoms with van der Waals surface area (Å²) in [5.74, 6) is 0. The van der Waals surface area contributed by atoms with Crippen molar-refractivity contribution < 1.29 is 4.74 Å². The van der Waals surface area contributed by atoms with Gasteiger partial charge in [-0.15, -0.1) is 0 Å². The van der Waals surface area contributed by atoms with Crippen LogP contribution in [0.2, 0.25) is 0 Å². The first-order valence-electron chi connectivity index (χ1n) is 5.97. The largest absolute Gasteiger partial charge is 0.381 e. The Balaban J connectivity index is 1.84. The molecule has 1 aliphatic heterocycles. The third kappa shape index (κ3) is 3.66. The van der Waals surface area contributed by atoms with Gasteiger partial charge in [0, 0.05) is 32.0 Å². The third-order valence-corrected chi connectivity index (χ3v) is 3.59. The summed E-state index contributed by atoms with van der Waals surface area (Å²) in [6.45, 7) is 7.00. The van der Waals surface area contributed by atoms with Crippen LogP contribution in [0.3, 0.4) is 0 Å². The second-order valence-corrected chi connectivity index (χ2v) is 4.98. The van der Waals surface area contributed by atoms with Crippen LogP contribution in [0.4, 0.5) is 5.69 Å². The molecule has 4 nitrogen and oxygen atoms in total. The molecule has 5 heteroatoms. The van der Waals surface area contributed by atoms with Crippen molar-refractivity contribution in [2.75, 3.05) is 38.1 Å². The van der Waals surface area contributed by atoms with E-state index < -0.39 is 0 Å². The van der Waals surface area contributed by atoms with Crippen LogP contribution in [-0.2, 0) is 4.74 Å². The van der Waals surface area contributed by atoms with Crippen molar-refractivity contribution in [3.63, 3.8) is 0 Å². The van der Waals surface area contributed by atoms with Crippen LogP contribution in [-0.4, -0.2) is 48.8 Å². The summed E-state index contributed by atoms with van der Waals surface area (Å²) >= 11 is 3.47. The number of nitrogens with zero attached hydrogens (tertiary/aromatic N) is 2. The van der Waals surface area contributed by atoms with Gasteiger partial charge in [0.05, 0.1) is 22.9 Å². The molecule has 0 saturated carbocycles. The van der Waals surface area contributed by atoms with Gasteiger partial charge in [-0.05, 0) is 28.5 Å². The Labute approximate surface area is 110 Å². The van der Waals surface area contributed by atoms with E-state index in [1.54, 1.807) is 12.4 Å². The average Bonchev–Trinajstić information content (AvgIpc) is 2.38. The summed E-state index contributed by atoms with van der Waals surface area (Å²) in [7, 11) is 0. The first-order valence-corrected chi connectivity index (χ1v) is 6.76. The maximum Gasteiger partial charge on any atom is 0.0874 e. The second-order valence-electron chi connectivity index (χ2n) is 4.12. The lowest BCUT2D eigenvalue weighted by atomic mass is 10.2. The number of hydrogen-bond donors (Lipinski definition) is 1. The summed E-state index contributed by atoms with van der Waals surface area (Å²) in [6, 6.07) is 1.96. The van der Waals surface area contributed by atoms with Gasteiger partial charge in [-0.1, -0.05) is 6.92 Å². The monoisotopic (exact) mass is 299 g/mol. The summed E-state index contributed by atoms with van der Waals surface area (Å²) in [5, 5.41) is 3.39. The fourth-order valence-corrected chi connectivity index (χ4v) is 2.32. The van der Waals surface area contributed by atoms with Crippen molar-refractivity contribution in [3.05, 3.63) is 22.9 Å². The molecule has 1 fully saturated rings. The Morgan fingerprint density at radius 3 is 3.29 bits per heavy atom. The second kappa shape index (κ2) is 6.33. The maximum atomic E-state index is 5.74. The number of pyridine rings is 1. The Kier molecular flexibility index (Phi) is 4.76. The molecule has 1 saturated heterocycles. The quantitative estimate of drug-likeness (QED) is 0.922. The summed E-state index contributed by atoms with van der Waals surface area (Å²) in [4.78, 5) is 6.45. The Morgan fingerprint density at radius 2 is 2.53 bits per heavy atom. The number of anilines is 1. The van der Waals surface area contributed by atoms with Crippen LogP contribution in [0.15, 0.2) is 22.9 Å². The van der Waals surface area contributed by atoms with Crippen molar-refractivity contribution in [1.82, 2.24) is 9.88 Å². The number of ether oxygens (including phenoxy) is 1. The fourth-order valence-electron chi connectivity index (χ4n) is 1.93. The molecule has 1 aromatic rings.